The molecule has 11 heteroatoms. The molecule has 2 rings (SSSR count). The number of hydrogen-bond acceptors (Lipinski definition) is 7. The molecular formula is C20H28N3O7P. The molecule has 170 valence electrons. The molecule has 0 spiro atoms. The molecule has 0 bridgehead atoms. The van der Waals surface area contributed by atoms with Crippen molar-refractivity contribution in [3.8, 4) is 5.75 Å². The van der Waals surface area contributed by atoms with Gasteiger partial charge in [0, 0.05) is 6.42 Å². The molecule has 4 N–H and O–H groups in total. The van der Waals surface area contributed by atoms with Crippen molar-refractivity contribution >= 4 is 25.6 Å². The van der Waals surface area contributed by atoms with E-state index >= 15 is 0 Å². The summed E-state index contributed by atoms with van der Waals surface area (Å²) in [6.07, 6.45) is 1.12. The van der Waals surface area contributed by atoms with Crippen molar-refractivity contribution in [2.75, 3.05) is 6.54 Å². The van der Waals surface area contributed by atoms with Gasteiger partial charge in [-0.05, 0) is 49.4 Å². The van der Waals surface area contributed by atoms with Gasteiger partial charge in [-0.1, -0.05) is 26.0 Å². The maximum Gasteiger partial charge on any atom is 0.429 e. The van der Waals surface area contributed by atoms with Gasteiger partial charge in [-0.2, -0.15) is 0 Å². The minimum Gasteiger partial charge on any atom is -0.508 e. The van der Waals surface area contributed by atoms with Crippen LogP contribution in [0.4, 0.5) is 0 Å². The molecule has 0 aromatic heterocycles. The smallest absolute Gasteiger partial charge is 0.429 e. The summed E-state index contributed by atoms with van der Waals surface area (Å²) in [5.74, 6) is -2.90. The highest BCUT2D eigenvalue weighted by Crippen LogP contribution is 2.25. The predicted octanol–water partition coefficient (Wildman–Crippen LogP) is 1.59. The number of carbonyl (C=O) groups excluding carboxylic acids is 2. The van der Waals surface area contributed by atoms with Crippen molar-refractivity contribution in [2.45, 2.75) is 57.7 Å². The minimum atomic E-state index is -3.46. The number of aliphatic carboxylic acids is 1. The Balaban J connectivity index is 2.37. The van der Waals surface area contributed by atoms with E-state index in [1.165, 1.54) is 24.3 Å². The number of hydrogen-bond donors (Lipinski definition) is 4. The summed E-state index contributed by atoms with van der Waals surface area (Å²) >= 11 is 0. The van der Waals surface area contributed by atoms with E-state index in [9.17, 15) is 33.7 Å². The average molecular weight is 453 g/mol. The lowest BCUT2D eigenvalue weighted by atomic mass is 10.0. The summed E-state index contributed by atoms with van der Waals surface area (Å²) in [6.45, 7) is 4.16. The lowest BCUT2D eigenvalue weighted by Crippen LogP contribution is -2.54. The van der Waals surface area contributed by atoms with Crippen LogP contribution < -0.4 is 10.6 Å². The van der Waals surface area contributed by atoms with Crippen molar-refractivity contribution < 1.29 is 33.7 Å². The van der Waals surface area contributed by atoms with E-state index in [1.807, 2.05) is 0 Å². The molecule has 0 radical (unpaired) electrons. The first kappa shape index (κ1) is 24.6. The molecule has 1 aromatic carbocycles. The zero-order chi connectivity index (χ0) is 23.1. The summed E-state index contributed by atoms with van der Waals surface area (Å²) in [7, 11) is -3.46. The number of phenolic OH excluding ortho intramolecular Hbond substituents is 1. The molecule has 1 heterocycles. The van der Waals surface area contributed by atoms with Crippen LogP contribution in [-0.2, 0) is 29.9 Å². The van der Waals surface area contributed by atoms with Crippen LogP contribution in [0.1, 0.15) is 38.7 Å². The van der Waals surface area contributed by atoms with E-state index < -0.39 is 43.7 Å². The van der Waals surface area contributed by atoms with Crippen LogP contribution in [0.15, 0.2) is 24.3 Å². The lowest BCUT2D eigenvalue weighted by molar-refractivity contribution is -0.143. The Hall–Kier alpha value is -2.71. The maximum atomic E-state index is 13.1. The monoisotopic (exact) mass is 453 g/mol. The van der Waals surface area contributed by atoms with Crippen molar-refractivity contribution in [3.63, 3.8) is 0 Å². The number of aromatic hydroxyl groups is 1. The van der Waals surface area contributed by atoms with E-state index in [1.54, 1.807) is 13.8 Å². The normalized spacial score (nSPS) is 17.7. The fourth-order valence-electron chi connectivity index (χ4n) is 3.51. The van der Waals surface area contributed by atoms with E-state index in [2.05, 4.69) is 10.6 Å². The molecule has 0 saturated carbocycles. The number of amides is 2. The number of carbonyl (C=O) groups is 3. The van der Waals surface area contributed by atoms with Crippen LogP contribution in [0.25, 0.3) is 0 Å². The van der Waals surface area contributed by atoms with Crippen molar-refractivity contribution in [1.29, 1.82) is 0 Å². The second-order valence-electron chi connectivity index (χ2n) is 7.98. The molecule has 1 saturated heterocycles. The highest BCUT2D eigenvalue weighted by Gasteiger charge is 2.39. The van der Waals surface area contributed by atoms with Gasteiger partial charge in [-0.15, -0.1) is 0 Å². The third-order valence-electron chi connectivity index (χ3n) is 5.05. The van der Waals surface area contributed by atoms with Crippen LogP contribution in [0.3, 0.4) is 0 Å². The van der Waals surface area contributed by atoms with Gasteiger partial charge in [-0.25, -0.2) is 18.6 Å². The number of rotatable bonds is 10. The lowest BCUT2D eigenvalue weighted by Gasteiger charge is -2.28. The molecule has 3 atom stereocenters. The van der Waals surface area contributed by atoms with Crippen LogP contribution >= 0.6 is 7.83 Å². The topological polar surface area (TPSA) is 153 Å². The van der Waals surface area contributed by atoms with Crippen LogP contribution in [-0.4, -0.2) is 57.3 Å². The third-order valence-corrected chi connectivity index (χ3v) is 5.87. The third kappa shape index (κ3) is 6.90. The molecule has 0 aliphatic carbocycles. The second kappa shape index (κ2) is 11.1. The Labute approximate surface area is 180 Å². The standard InChI is InChI=1S/C20H28N3O7P/c1-12(2)10-16(20(27)28)22-18(25)17(11-13-5-7-14(24)8-6-13)23(31(29)30)19(26)15-4-3-9-21-15/h5-8,12,15-17,21,24H,3-4,9-11H2,1-2H3,(H,22,25)(H,27,28). The van der Waals surface area contributed by atoms with E-state index in [0.29, 0.717) is 29.6 Å². The highest BCUT2D eigenvalue weighted by atomic mass is 31.1. The maximum absolute atomic E-state index is 13.1. The van der Waals surface area contributed by atoms with Crippen molar-refractivity contribution in [2.24, 2.45) is 5.92 Å². The molecule has 1 aliphatic heterocycles. The number of benzene rings is 1. The van der Waals surface area contributed by atoms with E-state index in [0.717, 1.165) is 0 Å². The van der Waals surface area contributed by atoms with Gasteiger partial charge in [0.1, 0.15) is 17.8 Å². The summed E-state index contributed by atoms with van der Waals surface area (Å²) in [5.41, 5.74) is 0.503. The molecule has 3 unspecified atom stereocenters. The number of nitrogens with zero attached hydrogens (tertiary/aromatic N) is 1. The molecule has 1 fully saturated rings. The summed E-state index contributed by atoms with van der Waals surface area (Å²) < 4.78 is 24.6. The molecule has 10 nitrogen and oxygen atoms in total. The Morgan fingerprint density at radius 3 is 2.35 bits per heavy atom. The zero-order valence-corrected chi connectivity index (χ0v) is 18.4. The Morgan fingerprint density at radius 2 is 1.87 bits per heavy atom. The molecular weight excluding hydrogens is 425 g/mol. The van der Waals surface area contributed by atoms with Gasteiger partial charge in [0.25, 0.3) is 5.91 Å². The van der Waals surface area contributed by atoms with Crippen molar-refractivity contribution in [1.82, 2.24) is 15.3 Å². The second-order valence-corrected chi connectivity index (χ2v) is 8.89. The van der Waals surface area contributed by atoms with Crippen LogP contribution in [0.2, 0.25) is 0 Å². The molecule has 2 amide bonds. The number of phenols is 1. The van der Waals surface area contributed by atoms with Crippen LogP contribution in [0, 0.1) is 5.92 Å². The van der Waals surface area contributed by atoms with Gasteiger partial charge < -0.3 is 20.8 Å². The van der Waals surface area contributed by atoms with E-state index in [4.69, 9.17) is 0 Å². The number of nitrogens with one attached hydrogen (secondary N) is 2. The average Bonchev–Trinajstić information content (AvgIpc) is 3.22. The first-order valence-electron chi connectivity index (χ1n) is 10.1. The summed E-state index contributed by atoms with van der Waals surface area (Å²) in [5, 5.41) is 24.2. The Kier molecular flexibility index (Phi) is 8.76. The Bertz CT molecular complexity index is 856. The predicted molar refractivity (Wildman–Crippen MR) is 111 cm³/mol. The fourth-order valence-corrected chi connectivity index (χ4v) is 4.22. The van der Waals surface area contributed by atoms with E-state index in [-0.39, 0.29) is 24.5 Å². The zero-order valence-electron chi connectivity index (χ0n) is 17.5. The first-order valence-corrected chi connectivity index (χ1v) is 11.2. The van der Waals surface area contributed by atoms with Gasteiger partial charge in [0.2, 0.25) is 5.91 Å². The first-order chi connectivity index (χ1) is 14.6. The fraction of sp³-hybridized carbons (Fsp3) is 0.550. The largest absolute Gasteiger partial charge is 0.508 e. The van der Waals surface area contributed by atoms with Gasteiger partial charge in [-0.3, -0.25) is 9.59 Å². The number of carboxylic acids is 1. The number of carboxylic acid groups (broad SMARTS) is 1. The SMILES string of the molecule is CC(C)CC(NC(=O)C(Cc1ccc(O)cc1)N(C(=O)C1CCCN1)P(=O)=O)C(=O)O. The van der Waals surface area contributed by atoms with Crippen LogP contribution in [0.5, 0.6) is 5.75 Å². The molecule has 1 aromatic rings. The molecule has 1 aliphatic rings. The van der Waals surface area contributed by atoms with Crippen molar-refractivity contribution in [3.05, 3.63) is 29.8 Å². The quantitative estimate of drug-likeness (QED) is 0.390. The summed E-state index contributed by atoms with van der Waals surface area (Å²) in [4.78, 5) is 37.6. The highest BCUT2D eigenvalue weighted by molar-refractivity contribution is 7.29. The minimum absolute atomic E-state index is 0.00869. The van der Waals surface area contributed by atoms with Gasteiger partial charge in [0.15, 0.2) is 0 Å². The Morgan fingerprint density at radius 1 is 1.23 bits per heavy atom. The molecule has 31 heavy (non-hydrogen) atoms. The van der Waals surface area contributed by atoms with Gasteiger partial charge >= 0.3 is 13.8 Å². The summed E-state index contributed by atoms with van der Waals surface area (Å²) in [6, 6.07) is 2.36. The van der Waals surface area contributed by atoms with Gasteiger partial charge in [0.05, 0.1) is 6.04 Å².